The summed E-state index contributed by atoms with van der Waals surface area (Å²) in [6, 6.07) is 4.84. The quantitative estimate of drug-likeness (QED) is 0.848. The Morgan fingerprint density at radius 1 is 1.29 bits per heavy atom. The molecule has 21 heavy (non-hydrogen) atoms. The molecule has 0 unspecified atom stereocenters. The van der Waals surface area contributed by atoms with Crippen molar-refractivity contribution in [3.8, 4) is 5.75 Å². The maximum absolute atomic E-state index is 12.0. The average Bonchev–Trinajstić information content (AvgIpc) is 2.47. The fourth-order valence-electron chi connectivity index (χ4n) is 1.62. The van der Waals surface area contributed by atoms with Gasteiger partial charge in [0, 0.05) is 36.6 Å². The van der Waals surface area contributed by atoms with Gasteiger partial charge in [0.25, 0.3) is 5.91 Å². The standard InChI is InChI=1S/C14H13Cl2N3O2/c1-19(7-10-5-17-9-18-6-10)14(20)8-21-13-3-2-11(15)4-12(13)16/h2-6,9H,7-8H2,1H3. The minimum Gasteiger partial charge on any atom is -0.482 e. The molecule has 0 radical (unpaired) electrons. The molecule has 0 saturated heterocycles. The van der Waals surface area contributed by atoms with Crippen molar-refractivity contribution in [3.63, 3.8) is 0 Å². The van der Waals surface area contributed by atoms with Crippen LogP contribution < -0.4 is 4.74 Å². The van der Waals surface area contributed by atoms with Crippen LogP contribution in [0.4, 0.5) is 0 Å². The third kappa shape index (κ3) is 4.58. The Balaban J connectivity index is 1.89. The predicted octanol–water partition coefficient (Wildman–Crippen LogP) is 2.82. The zero-order valence-electron chi connectivity index (χ0n) is 11.3. The summed E-state index contributed by atoms with van der Waals surface area (Å²) >= 11 is 11.8. The molecule has 1 amide bonds. The van der Waals surface area contributed by atoms with Crippen molar-refractivity contribution in [3.05, 3.63) is 52.5 Å². The molecule has 0 N–H and O–H groups in total. The molecule has 0 spiro atoms. The molecule has 0 fully saturated rings. The predicted molar refractivity (Wildman–Crippen MR) is 80.5 cm³/mol. The molecule has 0 aliphatic rings. The van der Waals surface area contributed by atoms with E-state index < -0.39 is 0 Å². The molecule has 2 rings (SSSR count). The summed E-state index contributed by atoms with van der Waals surface area (Å²) in [5.41, 5.74) is 0.845. The number of ether oxygens (including phenoxy) is 1. The van der Waals surface area contributed by atoms with Crippen molar-refractivity contribution < 1.29 is 9.53 Å². The first-order chi connectivity index (χ1) is 10.1. The molecule has 1 heterocycles. The van der Waals surface area contributed by atoms with Crippen LogP contribution >= 0.6 is 23.2 Å². The van der Waals surface area contributed by atoms with E-state index in [1.54, 1.807) is 37.6 Å². The highest BCUT2D eigenvalue weighted by molar-refractivity contribution is 6.35. The molecule has 0 bridgehead atoms. The molecule has 1 aromatic heterocycles. The molecular formula is C14H13Cl2N3O2. The van der Waals surface area contributed by atoms with Gasteiger partial charge in [0.15, 0.2) is 6.61 Å². The molecule has 5 nitrogen and oxygen atoms in total. The topological polar surface area (TPSA) is 55.3 Å². The van der Waals surface area contributed by atoms with E-state index in [4.69, 9.17) is 27.9 Å². The number of aromatic nitrogens is 2. The van der Waals surface area contributed by atoms with E-state index in [9.17, 15) is 4.79 Å². The number of carbonyl (C=O) groups is 1. The second-order valence-corrected chi connectivity index (χ2v) is 5.20. The summed E-state index contributed by atoms with van der Waals surface area (Å²) in [6.07, 6.45) is 4.76. The minimum absolute atomic E-state index is 0.106. The second-order valence-electron chi connectivity index (χ2n) is 4.36. The molecule has 2 aromatic rings. The Bertz CT molecular complexity index is 623. The van der Waals surface area contributed by atoms with Gasteiger partial charge in [-0.1, -0.05) is 23.2 Å². The van der Waals surface area contributed by atoms with Gasteiger partial charge in [0.1, 0.15) is 12.1 Å². The Hall–Kier alpha value is -1.85. The van der Waals surface area contributed by atoms with Gasteiger partial charge < -0.3 is 9.64 Å². The Labute approximate surface area is 132 Å². The van der Waals surface area contributed by atoms with E-state index in [2.05, 4.69) is 9.97 Å². The number of benzene rings is 1. The molecule has 0 aliphatic heterocycles. The lowest BCUT2D eigenvalue weighted by atomic mass is 10.3. The van der Waals surface area contributed by atoms with Crippen LogP contribution in [0.5, 0.6) is 5.75 Å². The lowest BCUT2D eigenvalue weighted by Crippen LogP contribution is -2.31. The number of nitrogens with zero attached hydrogens (tertiary/aromatic N) is 3. The molecular weight excluding hydrogens is 313 g/mol. The summed E-state index contributed by atoms with van der Waals surface area (Å²) in [5.74, 6) is 0.246. The molecule has 0 atom stereocenters. The fraction of sp³-hybridized carbons (Fsp3) is 0.214. The van der Waals surface area contributed by atoms with Crippen LogP contribution in [0.3, 0.4) is 0 Å². The van der Waals surface area contributed by atoms with E-state index >= 15 is 0 Å². The number of rotatable bonds is 5. The molecule has 0 aliphatic carbocycles. The van der Waals surface area contributed by atoms with Crippen molar-refractivity contribution in [1.29, 1.82) is 0 Å². The van der Waals surface area contributed by atoms with Crippen LogP contribution in [-0.4, -0.2) is 34.4 Å². The molecule has 1 aromatic carbocycles. The van der Waals surface area contributed by atoms with Gasteiger partial charge in [-0.25, -0.2) is 9.97 Å². The highest BCUT2D eigenvalue weighted by atomic mass is 35.5. The fourth-order valence-corrected chi connectivity index (χ4v) is 2.08. The van der Waals surface area contributed by atoms with E-state index in [0.717, 1.165) is 5.56 Å². The smallest absolute Gasteiger partial charge is 0.260 e. The van der Waals surface area contributed by atoms with E-state index in [1.165, 1.54) is 11.2 Å². The first kappa shape index (κ1) is 15.5. The summed E-state index contributed by atoms with van der Waals surface area (Å²) in [4.78, 5) is 21.3. The van der Waals surface area contributed by atoms with Gasteiger partial charge in [-0.3, -0.25) is 4.79 Å². The zero-order valence-corrected chi connectivity index (χ0v) is 12.8. The van der Waals surface area contributed by atoms with E-state index in [-0.39, 0.29) is 12.5 Å². The van der Waals surface area contributed by atoms with Crippen molar-refractivity contribution in [1.82, 2.24) is 14.9 Å². The normalized spacial score (nSPS) is 10.2. The van der Waals surface area contributed by atoms with Crippen molar-refractivity contribution >= 4 is 29.1 Å². The lowest BCUT2D eigenvalue weighted by Gasteiger charge is -2.17. The molecule has 110 valence electrons. The second kappa shape index (κ2) is 7.24. The van der Waals surface area contributed by atoms with Crippen LogP contribution in [0.15, 0.2) is 36.9 Å². The molecule has 0 saturated carbocycles. The monoisotopic (exact) mass is 325 g/mol. The first-order valence-electron chi connectivity index (χ1n) is 6.12. The Morgan fingerprint density at radius 3 is 2.67 bits per heavy atom. The third-order valence-corrected chi connectivity index (χ3v) is 3.24. The van der Waals surface area contributed by atoms with Gasteiger partial charge >= 0.3 is 0 Å². The van der Waals surface area contributed by atoms with Crippen LogP contribution in [0, 0.1) is 0 Å². The van der Waals surface area contributed by atoms with Crippen molar-refractivity contribution in [2.24, 2.45) is 0 Å². The van der Waals surface area contributed by atoms with Crippen LogP contribution in [0.1, 0.15) is 5.56 Å². The van der Waals surface area contributed by atoms with E-state index in [1.807, 2.05) is 0 Å². The summed E-state index contributed by atoms with van der Waals surface area (Å²) in [6.45, 7) is 0.308. The highest BCUT2D eigenvalue weighted by Gasteiger charge is 2.11. The Morgan fingerprint density at radius 2 is 2.00 bits per heavy atom. The molecule has 7 heteroatoms. The third-order valence-electron chi connectivity index (χ3n) is 2.70. The SMILES string of the molecule is CN(Cc1cncnc1)C(=O)COc1ccc(Cl)cc1Cl. The van der Waals surface area contributed by atoms with Gasteiger partial charge in [-0.2, -0.15) is 0 Å². The number of hydrogen-bond acceptors (Lipinski definition) is 4. The van der Waals surface area contributed by atoms with E-state index in [0.29, 0.717) is 22.3 Å². The van der Waals surface area contributed by atoms with Crippen molar-refractivity contribution in [2.45, 2.75) is 6.54 Å². The van der Waals surface area contributed by atoms with Gasteiger partial charge in [-0.15, -0.1) is 0 Å². The number of carbonyl (C=O) groups excluding carboxylic acids is 1. The highest BCUT2D eigenvalue weighted by Crippen LogP contribution is 2.27. The largest absolute Gasteiger partial charge is 0.482 e. The first-order valence-corrected chi connectivity index (χ1v) is 6.87. The van der Waals surface area contributed by atoms with Crippen LogP contribution in [-0.2, 0) is 11.3 Å². The van der Waals surface area contributed by atoms with Gasteiger partial charge in [0.05, 0.1) is 5.02 Å². The van der Waals surface area contributed by atoms with Gasteiger partial charge in [-0.05, 0) is 18.2 Å². The summed E-state index contributed by atoms with van der Waals surface area (Å²) in [5, 5.41) is 0.884. The minimum atomic E-state index is -0.176. The lowest BCUT2D eigenvalue weighted by molar-refractivity contribution is -0.132. The zero-order chi connectivity index (χ0) is 15.2. The maximum Gasteiger partial charge on any atom is 0.260 e. The Kier molecular flexibility index (Phi) is 5.36. The summed E-state index contributed by atoms with van der Waals surface area (Å²) in [7, 11) is 1.68. The maximum atomic E-state index is 12.0. The number of likely N-dealkylation sites (N-methyl/N-ethyl adjacent to an activating group) is 1. The van der Waals surface area contributed by atoms with Crippen LogP contribution in [0.25, 0.3) is 0 Å². The average molecular weight is 326 g/mol. The van der Waals surface area contributed by atoms with Gasteiger partial charge in [0.2, 0.25) is 0 Å². The number of amides is 1. The number of halogens is 2. The number of hydrogen-bond donors (Lipinski definition) is 0. The van der Waals surface area contributed by atoms with Crippen LogP contribution in [0.2, 0.25) is 10.0 Å². The summed E-state index contributed by atoms with van der Waals surface area (Å²) < 4.78 is 5.40. The van der Waals surface area contributed by atoms with Crippen molar-refractivity contribution in [2.75, 3.05) is 13.7 Å².